The van der Waals surface area contributed by atoms with E-state index < -0.39 is 0 Å². The van der Waals surface area contributed by atoms with Gasteiger partial charge in [0, 0.05) is 17.0 Å². The molecule has 4 heteroatoms. The van der Waals surface area contributed by atoms with Crippen molar-refractivity contribution in [2.24, 2.45) is 5.92 Å². The zero-order valence-corrected chi connectivity index (χ0v) is 13.0. The van der Waals surface area contributed by atoms with Crippen molar-refractivity contribution in [1.82, 2.24) is 4.90 Å². The van der Waals surface area contributed by atoms with Crippen LogP contribution in [-0.2, 0) is 4.74 Å². The fraction of sp³-hybridized carbons (Fsp3) is 0.588. The Morgan fingerprint density at radius 3 is 2.71 bits per heavy atom. The van der Waals surface area contributed by atoms with E-state index in [0.717, 1.165) is 0 Å². The summed E-state index contributed by atoms with van der Waals surface area (Å²) in [6.45, 7) is 2.97. The highest BCUT2D eigenvalue weighted by molar-refractivity contribution is 6.30. The van der Waals surface area contributed by atoms with Crippen LogP contribution >= 0.6 is 11.6 Å². The molecule has 114 valence electrons. The molecule has 0 aliphatic carbocycles. The summed E-state index contributed by atoms with van der Waals surface area (Å²) in [6.07, 6.45) is 6.27. The molecule has 2 aliphatic heterocycles. The molecule has 0 radical (unpaired) electrons. The fourth-order valence-electron chi connectivity index (χ4n) is 3.62. The van der Waals surface area contributed by atoms with Gasteiger partial charge in [-0.25, -0.2) is 4.79 Å². The minimum Gasteiger partial charge on any atom is -0.462 e. The van der Waals surface area contributed by atoms with E-state index in [-0.39, 0.29) is 5.97 Å². The van der Waals surface area contributed by atoms with Crippen LogP contribution in [0.4, 0.5) is 0 Å². The number of halogens is 1. The molecule has 2 heterocycles. The maximum absolute atomic E-state index is 12.1. The van der Waals surface area contributed by atoms with E-state index in [1.165, 1.54) is 45.2 Å². The van der Waals surface area contributed by atoms with Crippen LogP contribution < -0.4 is 0 Å². The Morgan fingerprint density at radius 2 is 1.90 bits per heavy atom. The van der Waals surface area contributed by atoms with Gasteiger partial charge in [-0.05, 0) is 63.0 Å². The molecular formula is C17H22ClNO2. The third-order valence-electron chi connectivity index (χ3n) is 4.74. The molecule has 0 aromatic heterocycles. The lowest BCUT2D eigenvalue weighted by Crippen LogP contribution is -2.49. The molecule has 0 saturated carbocycles. The Morgan fingerprint density at radius 1 is 1.14 bits per heavy atom. The molecule has 1 aromatic carbocycles. The summed E-state index contributed by atoms with van der Waals surface area (Å²) in [5, 5.41) is 0.636. The molecule has 21 heavy (non-hydrogen) atoms. The van der Waals surface area contributed by atoms with Crippen molar-refractivity contribution in [3.63, 3.8) is 0 Å². The normalized spacial score (nSPS) is 26.1. The Hall–Kier alpha value is -1.06. The Labute approximate surface area is 131 Å². The molecule has 2 fully saturated rings. The van der Waals surface area contributed by atoms with Crippen LogP contribution in [0.1, 0.15) is 42.5 Å². The highest BCUT2D eigenvalue weighted by Gasteiger charge is 2.33. The van der Waals surface area contributed by atoms with Gasteiger partial charge in [0.25, 0.3) is 0 Å². The van der Waals surface area contributed by atoms with Crippen molar-refractivity contribution in [2.75, 3.05) is 19.7 Å². The second kappa shape index (κ2) is 6.80. The lowest BCUT2D eigenvalue weighted by atomic mass is 9.84. The van der Waals surface area contributed by atoms with Crippen LogP contribution in [0.2, 0.25) is 5.02 Å². The van der Waals surface area contributed by atoms with Crippen LogP contribution in [0.15, 0.2) is 24.3 Å². The van der Waals surface area contributed by atoms with Crippen LogP contribution in [0.3, 0.4) is 0 Å². The topological polar surface area (TPSA) is 29.5 Å². The van der Waals surface area contributed by atoms with E-state index in [1.54, 1.807) is 24.3 Å². The van der Waals surface area contributed by atoms with Crippen LogP contribution in [0.5, 0.6) is 0 Å². The van der Waals surface area contributed by atoms with E-state index in [9.17, 15) is 4.79 Å². The van der Waals surface area contributed by atoms with Crippen molar-refractivity contribution < 1.29 is 9.53 Å². The van der Waals surface area contributed by atoms with E-state index in [2.05, 4.69) is 4.90 Å². The SMILES string of the molecule is O=C(OC[C@@H]1CCCN2CCCC[C@H]12)c1ccc(Cl)cc1. The van der Waals surface area contributed by atoms with Gasteiger partial charge in [-0.3, -0.25) is 4.90 Å². The quantitative estimate of drug-likeness (QED) is 0.796. The number of benzene rings is 1. The monoisotopic (exact) mass is 307 g/mol. The van der Waals surface area contributed by atoms with Gasteiger partial charge in [-0.15, -0.1) is 0 Å². The van der Waals surface area contributed by atoms with Gasteiger partial charge in [0.15, 0.2) is 0 Å². The van der Waals surface area contributed by atoms with Crippen molar-refractivity contribution in [2.45, 2.75) is 38.1 Å². The maximum atomic E-state index is 12.1. The van der Waals surface area contributed by atoms with Gasteiger partial charge in [0.2, 0.25) is 0 Å². The first-order valence-corrected chi connectivity index (χ1v) is 8.28. The molecule has 2 aliphatic rings. The second-order valence-corrected chi connectivity index (χ2v) is 6.54. The largest absolute Gasteiger partial charge is 0.462 e. The molecule has 0 bridgehead atoms. The lowest BCUT2D eigenvalue weighted by Gasteiger charge is -2.44. The standard InChI is InChI=1S/C17H22ClNO2/c18-15-8-6-13(7-9-15)17(20)21-12-14-4-3-11-19-10-2-1-5-16(14)19/h6-9,14,16H,1-5,10-12H2/t14-,16+/m0/s1. The van der Waals surface area contributed by atoms with Crippen LogP contribution in [-0.4, -0.2) is 36.6 Å². The van der Waals surface area contributed by atoms with Gasteiger partial charge in [0.1, 0.15) is 0 Å². The highest BCUT2D eigenvalue weighted by Crippen LogP contribution is 2.31. The van der Waals surface area contributed by atoms with Gasteiger partial charge in [-0.2, -0.15) is 0 Å². The summed E-state index contributed by atoms with van der Waals surface area (Å²) in [6, 6.07) is 7.51. The minimum atomic E-state index is -0.236. The summed E-state index contributed by atoms with van der Waals surface area (Å²) < 4.78 is 5.55. The number of hydrogen-bond acceptors (Lipinski definition) is 3. The number of carbonyl (C=O) groups is 1. The highest BCUT2D eigenvalue weighted by atomic mass is 35.5. The molecular weight excluding hydrogens is 286 g/mol. The Bertz CT molecular complexity index is 486. The zero-order valence-electron chi connectivity index (χ0n) is 12.3. The average Bonchev–Trinajstić information content (AvgIpc) is 2.53. The van der Waals surface area contributed by atoms with Gasteiger partial charge in [0.05, 0.1) is 12.2 Å². The number of hydrogen-bond donors (Lipinski definition) is 0. The van der Waals surface area contributed by atoms with Crippen molar-refractivity contribution in [3.8, 4) is 0 Å². The minimum absolute atomic E-state index is 0.236. The summed E-state index contributed by atoms with van der Waals surface area (Å²) in [4.78, 5) is 14.7. The van der Waals surface area contributed by atoms with Gasteiger partial charge >= 0.3 is 5.97 Å². The molecule has 1 aromatic rings. The molecule has 2 saturated heterocycles. The number of fused-ring (bicyclic) bond motifs is 1. The first-order chi connectivity index (χ1) is 10.2. The fourth-order valence-corrected chi connectivity index (χ4v) is 3.75. The predicted octanol–water partition coefficient (Wildman–Crippen LogP) is 3.76. The van der Waals surface area contributed by atoms with Crippen LogP contribution in [0, 0.1) is 5.92 Å². The first kappa shape index (κ1) is 14.9. The molecule has 0 amide bonds. The molecule has 3 rings (SSSR count). The predicted molar refractivity (Wildman–Crippen MR) is 83.7 cm³/mol. The third kappa shape index (κ3) is 3.58. The van der Waals surface area contributed by atoms with E-state index in [0.29, 0.717) is 29.2 Å². The molecule has 0 unspecified atom stereocenters. The summed E-state index contributed by atoms with van der Waals surface area (Å²) in [7, 11) is 0. The van der Waals surface area contributed by atoms with Crippen molar-refractivity contribution in [3.05, 3.63) is 34.9 Å². The number of esters is 1. The first-order valence-electron chi connectivity index (χ1n) is 7.91. The van der Waals surface area contributed by atoms with E-state index in [4.69, 9.17) is 16.3 Å². The smallest absolute Gasteiger partial charge is 0.338 e. The third-order valence-corrected chi connectivity index (χ3v) is 4.99. The maximum Gasteiger partial charge on any atom is 0.338 e. The molecule has 2 atom stereocenters. The number of ether oxygens (including phenoxy) is 1. The summed E-state index contributed by atoms with van der Waals surface area (Å²) >= 11 is 5.83. The van der Waals surface area contributed by atoms with Crippen molar-refractivity contribution in [1.29, 1.82) is 0 Å². The second-order valence-electron chi connectivity index (χ2n) is 6.11. The van der Waals surface area contributed by atoms with Gasteiger partial charge < -0.3 is 4.74 Å². The van der Waals surface area contributed by atoms with E-state index in [1.807, 2.05) is 0 Å². The Kier molecular flexibility index (Phi) is 4.81. The van der Waals surface area contributed by atoms with Gasteiger partial charge in [-0.1, -0.05) is 18.0 Å². The number of rotatable bonds is 3. The molecule has 0 N–H and O–H groups in total. The number of carbonyl (C=O) groups excluding carboxylic acids is 1. The lowest BCUT2D eigenvalue weighted by molar-refractivity contribution is 0.00739. The van der Waals surface area contributed by atoms with Crippen LogP contribution in [0.25, 0.3) is 0 Å². The Balaban J connectivity index is 1.56. The van der Waals surface area contributed by atoms with Crippen molar-refractivity contribution >= 4 is 17.6 Å². The van der Waals surface area contributed by atoms with E-state index >= 15 is 0 Å². The number of piperidine rings is 2. The number of nitrogens with zero attached hydrogens (tertiary/aromatic N) is 1. The zero-order chi connectivity index (χ0) is 14.7. The molecule has 0 spiro atoms. The molecule has 3 nitrogen and oxygen atoms in total. The summed E-state index contributed by atoms with van der Waals surface area (Å²) in [5.74, 6) is 0.259. The summed E-state index contributed by atoms with van der Waals surface area (Å²) in [5.41, 5.74) is 0.579. The average molecular weight is 308 g/mol.